The number of hydrogen-bond donors (Lipinski definition) is 7. The van der Waals surface area contributed by atoms with Crippen molar-refractivity contribution in [3.63, 3.8) is 0 Å². The SMILES string of the molecule is Nc1nc2nccnc2c(=O)[nH]1.O=P(O)(O)OP(=O)(O)OP(=O)(O)O. The molecule has 8 N–H and O–H groups in total. The van der Waals surface area contributed by atoms with Crippen LogP contribution in [0, 0.1) is 0 Å². The van der Waals surface area contributed by atoms with Crippen molar-refractivity contribution in [3.8, 4) is 0 Å². The molecule has 19 heteroatoms. The Labute approximate surface area is 136 Å². The number of rotatable bonds is 4. The molecule has 0 amide bonds. The summed E-state index contributed by atoms with van der Waals surface area (Å²) in [7, 11) is -16.2. The van der Waals surface area contributed by atoms with E-state index in [9.17, 15) is 18.5 Å². The Bertz CT molecular complexity index is 921. The standard InChI is InChI=1S/C6H5N5O.H5O10P3/c7-6-10-4-3(5(12)11-6)8-1-2-9-4;1-11(2,3)9-13(7,8)10-12(4,5)6/h1-2H,(H3,7,9,10,11,12);(H,7,8)(H2,1,2,3)(H2,4,5,6). The second-order valence-electron chi connectivity index (χ2n) is 3.79. The minimum absolute atomic E-state index is 0.0491. The van der Waals surface area contributed by atoms with Gasteiger partial charge in [0.2, 0.25) is 5.95 Å². The van der Waals surface area contributed by atoms with Gasteiger partial charge < -0.3 is 30.2 Å². The first-order valence-corrected chi connectivity index (χ1v) is 10.1. The van der Waals surface area contributed by atoms with Crippen LogP contribution < -0.4 is 11.3 Å². The maximum Gasteiger partial charge on any atom is 0.490 e. The van der Waals surface area contributed by atoms with Crippen molar-refractivity contribution in [2.45, 2.75) is 0 Å². The lowest BCUT2D eigenvalue weighted by molar-refractivity contribution is 0.204. The lowest BCUT2D eigenvalue weighted by Crippen LogP contribution is -2.12. The number of H-pyrrole nitrogens is 1. The predicted molar refractivity (Wildman–Crippen MR) is 78.4 cm³/mol. The number of nitrogens with two attached hydrogens (primary N) is 1. The molecule has 2 rings (SSSR count). The minimum atomic E-state index is -5.46. The molecule has 0 atom stereocenters. The normalized spacial score (nSPS) is 12.5. The van der Waals surface area contributed by atoms with E-state index in [0.29, 0.717) is 0 Å². The largest absolute Gasteiger partial charge is 0.490 e. The first-order valence-electron chi connectivity index (χ1n) is 5.51. The van der Waals surface area contributed by atoms with Crippen LogP contribution in [0.3, 0.4) is 0 Å². The fraction of sp³-hybridized carbons (Fsp3) is 0. The van der Waals surface area contributed by atoms with E-state index in [1.165, 1.54) is 12.4 Å². The summed E-state index contributed by atoms with van der Waals surface area (Å²) in [6.45, 7) is 0. The van der Waals surface area contributed by atoms with Crippen molar-refractivity contribution < 1.29 is 46.8 Å². The molecule has 0 spiro atoms. The Balaban J connectivity index is 0.000000250. The molecular formula is C6H10N5O11P3. The zero-order valence-corrected chi connectivity index (χ0v) is 14.3. The lowest BCUT2D eigenvalue weighted by atomic mass is 10.5. The number of nitrogens with one attached hydrogen (secondary N) is 1. The molecule has 0 aliphatic carbocycles. The molecule has 0 saturated heterocycles. The van der Waals surface area contributed by atoms with Crippen LogP contribution in [0.2, 0.25) is 0 Å². The molecule has 25 heavy (non-hydrogen) atoms. The molecule has 0 unspecified atom stereocenters. The number of hydrogen-bond acceptors (Lipinski definition) is 10. The number of aromatic nitrogens is 4. The van der Waals surface area contributed by atoms with E-state index in [2.05, 4.69) is 28.6 Å². The van der Waals surface area contributed by atoms with Gasteiger partial charge >= 0.3 is 23.5 Å². The topological polar surface area (TPSA) is 268 Å². The molecule has 2 aromatic heterocycles. The van der Waals surface area contributed by atoms with Gasteiger partial charge in [-0.15, -0.1) is 0 Å². The van der Waals surface area contributed by atoms with Crippen molar-refractivity contribution in [2.24, 2.45) is 0 Å². The number of nitrogens with zero attached hydrogens (tertiary/aromatic N) is 3. The Morgan fingerprint density at radius 3 is 1.92 bits per heavy atom. The summed E-state index contributed by atoms with van der Waals surface area (Å²) in [6.07, 6.45) is 2.88. The number of phosphoric acid groups is 3. The van der Waals surface area contributed by atoms with Gasteiger partial charge in [-0.3, -0.25) is 9.78 Å². The summed E-state index contributed by atoms with van der Waals surface area (Å²) < 4.78 is 36.4. The highest BCUT2D eigenvalue weighted by Gasteiger charge is 2.38. The van der Waals surface area contributed by atoms with Gasteiger partial charge in [-0.2, -0.15) is 13.6 Å². The molecule has 2 aromatic rings. The van der Waals surface area contributed by atoms with Gasteiger partial charge in [-0.05, 0) is 0 Å². The van der Waals surface area contributed by atoms with E-state index in [0.717, 1.165) is 0 Å². The van der Waals surface area contributed by atoms with Crippen molar-refractivity contribution in [1.82, 2.24) is 19.9 Å². The van der Waals surface area contributed by atoms with Crippen LogP contribution in [-0.4, -0.2) is 44.4 Å². The highest BCUT2D eigenvalue weighted by Crippen LogP contribution is 2.64. The number of anilines is 1. The van der Waals surface area contributed by atoms with Crippen molar-refractivity contribution in [3.05, 3.63) is 22.7 Å². The molecule has 140 valence electrons. The Hall–Kier alpha value is -1.57. The predicted octanol–water partition coefficient (Wildman–Crippen LogP) is -1.40. The fourth-order valence-electron chi connectivity index (χ4n) is 1.17. The van der Waals surface area contributed by atoms with E-state index >= 15 is 0 Å². The van der Waals surface area contributed by atoms with Crippen LogP contribution in [0.25, 0.3) is 11.2 Å². The van der Waals surface area contributed by atoms with Gasteiger partial charge in [0.1, 0.15) is 0 Å². The molecule has 0 aliphatic heterocycles. The fourth-order valence-corrected chi connectivity index (χ4v) is 3.71. The van der Waals surface area contributed by atoms with Gasteiger partial charge in [0.05, 0.1) is 0 Å². The molecule has 0 radical (unpaired) electrons. The van der Waals surface area contributed by atoms with Gasteiger partial charge in [0.25, 0.3) is 5.56 Å². The first kappa shape index (κ1) is 21.5. The van der Waals surface area contributed by atoms with E-state index in [1.807, 2.05) is 0 Å². The molecule has 0 fully saturated rings. The van der Waals surface area contributed by atoms with Gasteiger partial charge in [-0.25, -0.2) is 23.7 Å². The summed E-state index contributed by atoms with van der Waals surface area (Å²) in [5.74, 6) is 0.0491. The third-order valence-electron chi connectivity index (χ3n) is 1.78. The highest BCUT2D eigenvalue weighted by atomic mass is 31.3. The van der Waals surface area contributed by atoms with Crippen LogP contribution >= 0.6 is 23.5 Å². The smallest absolute Gasteiger partial charge is 0.369 e. The number of nitrogen functional groups attached to an aromatic ring is 1. The van der Waals surface area contributed by atoms with Crippen molar-refractivity contribution >= 4 is 40.6 Å². The zero-order chi connectivity index (χ0) is 19.5. The Kier molecular flexibility index (Phi) is 6.67. The van der Waals surface area contributed by atoms with Crippen molar-refractivity contribution in [2.75, 3.05) is 5.73 Å². The summed E-state index contributed by atoms with van der Waals surface area (Å²) in [5.41, 5.74) is 5.38. The zero-order valence-electron chi connectivity index (χ0n) is 11.6. The maximum absolute atomic E-state index is 11.1. The van der Waals surface area contributed by atoms with Crippen LogP contribution in [0.1, 0.15) is 0 Å². The second-order valence-corrected chi connectivity index (χ2v) is 8.00. The van der Waals surface area contributed by atoms with Crippen LogP contribution in [0.5, 0.6) is 0 Å². The highest BCUT2D eigenvalue weighted by molar-refractivity contribution is 7.66. The number of aromatic amines is 1. The molecule has 2 heterocycles. The Morgan fingerprint density at radius 2 is 1.44 bits per heavy atom. The maximum atomic E-state index is 11.1. The third-order valence-corrected chi connectivity index (χ3v) is 5.13. The summed E-state index contributed by atoms with van der Waals surface area (Å²) in [5, 5.41) is 0. The van der Waals surface area contributed by atoms with E-state index in [1.54, 1.807) is 0 Å². The molecular weight excluding hydrogens is 411 g/mol. The average molecular weight is 421 g/mol. The molecule has 0 aliphatic rings. The minimum Gasteiger partial charge on any atom is -0.369 e. The molecule has 0 aromatic carbocycles. The summed E-state index contributed by atoms with van der Waals surface area (Å²) in [6, 6.07) is 0. The first-order chi connectivity index (χ1) is 11.2. The van der Waals surface area contributed by atoms with Gasteiger partial charge in [-0.1, -0.05) is 0 Å². The Morgan fingerprint density at radius 1 is 0.960 bits per heavy atom. The van der Waals surface area contributed by atoms with Gasteiger partial charge in [0, 0.05) is 12.4 Å². The molecule has 0 bridgehead atoms. The van der Waals surface area contributed by atoms with Crippen molar-refractivity contribution in [1.29, 1.82) is 0 Å². The van der Waals surface area contributed by atoms with Crippen LogP contribution in [0.15, 0.2) is 17.2 Å². The second kappa shape index (κ2) is 7.76. The quantitative estimate of drug-likeness (QED) is 0.280. The van der Waals surface area contributed by atoms with E-state index in [4.69, 9.17) is 30.2 Å². The van der Waals surface area contributed by atoms with E-state index in [-0.39, 0.29) is 22.7 Å². The molecule has 16 nitrogen and oxygen atoms in total. The lowest BCUT2D eigenvalue weighted by Gasteiger charge is -2.11. The average Bonchev–Trinajstić information content (AvgIpc) is 2.32. The van der Waals surface area contributed by atoms with E-state index < -0.39 is 23.5 Å². The van der Waals surface area contributed by atoms with Crippen LogP contribution in [0.4, 0.5) is 5.95 Å². The summed E-state index contributed by atoms with van der Waals surface area (Å²) >= 11 is 0. The summed E-state index contributed by atoms with van der Waals surface area (Å²) in [4.78, 5) is 65.1. The monoisotopic (exact) mass is 421 g/mol. The van der Waals surface area contributed by atoms with Crippen LogP contribution in [-0.2, 0) is 22.3 Å². The number of fused-ring (bicyclic) bond motifs is 1. The third kappa shape index (κ3) is 8.38. The van der Waals surface area contributed by atoms with Gasteiger partial charge in [0.15, 0.2) is 11.2 Å². The molecule has 0 saturated carbocycles.